The molecule has 0 aromatic carbocycles. The van der Waals surface area contributed by atoms with Crippen molar-refractivity contribution in [1.82, 2.24) is 0 Å². The van der Waals surface area contributed by atoms with Crippen molar-refractivity contribution in [3.8, 4) is 0 Å². The van der Waals surface area contributed by atoms with Crippen LogP contribution in [0.2, 0.25) is 0 Å². The van der Waals surface area contributed by atoms with Gasteiger partial charge in [0, 0.05) is 19.3 Å². The minimum absolute atomic E-state index is 0.0612. The minimum Gasteiger partial charge on any atom is -0.462 e. The summed E-state index contributed by atoms with van der Waals surface area (Å²) in [6, 6.07) is 0. The van der Waals surface area contributed by atoms with Crippen LogP contribution >= 0.6 is 0 Å². The number of hydrogen-bond acceptors (Lipinski definition) is 6. The molecule has 0 radical (unpaired) electrons. The Balaban J connectivity index is 3.92. The van der Waals surface area contributed by atoms with Gasteiger partial charge in [-0.05, 0) is 19.3 Å². The van der Waals surface area contributed by atoms with Crippen LogP contribution < -0.4 is 0 Å². The van der Waals surface area contributed by atoms with Crippen LogP contribution in [0.15, 0.2) is 0 Å². The quantitative estimate of drug-likeness (QED) is 0.0343. The molecule has 0 spiro atoms. The third-order valence-corrected chi connectivity index (χ3v) is 17.6. The molecule has 0 rings (SSSR count). The average molecular weight is 1140 g/mol. The van der Waals surface area contributed by atoms with Gasteiger partial charge in [-0.3, -0.25) is 14.4 Å². The highest BCUT2D eigenvalue weighted by atomic mass is 16.6. The predicted molar refractivity (Wildman–Crippen MR) is 354 cm³/mol. The van der Waals surface area contributed by atoms with E-state index in [-0.39, 0.29) is 31.1 Å². The molecule has 6 heteroatoms. The Morgan fingerprint density at radius 2 is 0.333 bits per heavy atom. The van der Waals surface area contributed by atoms with Crippen molar-refractivity contribution < 1.29 is 28.6 Å². The summed E-state index contributed by atoms with van der Waals surface area (Å²) in [7, 11) is 0. The first-order valence-electron chi connectivity index (χ1n) is 37.5. The molecule has 0 aromatic heterocycles. The van der Waals surface area contributed by atoms with E-state index >= 15 is 0 Å². The fourth-order valence-corrected chi connectivity index (χ4v) is 12.0. The van der Waals surface area contributed by atoms with Gasteiger partial charge in [0.15, 0.2) is 6.10 Å². The first-order chi connectivity index (χ1) is 40.0. The van der Waals surface area contributed by atoms with E-state index in [1.54, 1.807) is 0 Å². The lowest BCUT2D eigenvalue weighted by molar-refractivity contribution is -0.167. The molecule has 0 saturated heterocycles. The van der Waals surface area contributed by atoms with Gasteiger partial charge in [0.1, 0.15) is 13.2 Å². The van der Waals surface area contributed by atoms with Gasteiger partial charge in [0.25, 0.3) is 0 Å². The van der Waals surface area contributed by atoms with Crippen molar-refractivity contribution in [2.24, 2.45) is 0 Å². The average Bonchev–Trinajstić information content (AvgIpc) is 3.47. The number of ether oxygens (including phenoxy) is 3. The summed E-state index contributed by atoms with van der Waals surface area (Å²) in [5, 5.41) is 0. The summed E-state index contributed by atoms with van der Waals surface area (Å²) in [6.45, 7) is 6.70. The topological polar surface area (TPSA) is 78.9 Å². The number of unbranched alkanes of at least 4 members (excludes halogenated alkanes) is 60. The number of hydrogen-bond donors (Lipinski definition) is 0. The highest BCUT2D eigenvalue weighted by Crippen LogP contribution is 2.20. The second-order valence-electron chi connectivity index (χ2n) is 25.9. The summed E-state index contributed by atoms with van der Waals surface area (Å²) < 4.78 is 16.9. The molecule has 0 aromatic rings. The van der Waals surface area contributed by atoms with Crippen LogP contribution in [0.5, 0.6) is 0 Å². The van der Waals surface area contributed by atoms with Gasteiger partial charge in [-0.15, -0.1) is 0 Å². The molecule has 1 atom stereocenters. The van der Waals surface area contributed by atoms with E-state index in [4.69, 9.17) is 14.2 Å². The maximum Gasteiger partial charge on any atom is 0.306 e. The van der Waals surface area contributed by atoms with E-state index in [2.05, 4.69) is 20.8 Å². The fourth-order valence-electron chi connectivity index (χ4n) is 12.0. The van der Waals surface area contributed by atoms with E-state index in [1.807, 2.05) is 0 Å². The molecule has 1 unspecified atom stereocenters. The second kappa shape index (κ2) is 70.9. The van der Waals surface area contributed by atoms with Crippen molar-refractivity contribution >= 4 is 17.9 Å². The molecule has 0 bridgehead atoms. The summed E-state index contributed by atoms with van der Waals surface area (Å²) in [5.74, 6) is -0.831. The summed E-state index contributed by atoms with van der Waals surface area (Å²) in [4.78, 5) is 38.2. The van der Waals surface area contributed by atoms with Gasteiger partial charge in [-0.1, -0.05) is 406 Å². The van der Waals surface area contributed by atoms with Crippen LogP contribution in [-0.2, 0) is 28.6 Å². The smallest absolute Gasteiger partial charge is 0.306 e. The highest BCUT2D eigenvalue weighted by Gasteiger charge is 2.20. The lowest BCUT2D eigenvalue weighted by Crippen LogP contribution is -2.30. The molecule has 0 saturated carbocycles. The van der Waals surface area contributed by atoms with Crippen LogP contribution in [0.25, 0.3) is 0 Å². The Morgan fingerprint density at radius 1 is 0.198 bits per heavy atom. The van der Waals surface area contributed by atoms with Crippen molar-refractivity contribution in [3.05, 3.63) is 0 Å². The molecule has 482 valence electrons. The van der Waals surface area contributed by atoms with Crippen molar-refractivity contribution in [1.29, 1.82) is 0 Å². The van der Waals surface area contributed by atoms with Crippen LogP contribution in [0.1, 0.15) is 445 Å². The molecule has 81 heavy (non-hydrogen) atoms. The summed E-state index contributed by atoms with van der Waals surface area (Å²) in [5.41, 5.74) is 0. The zero-order valence-electron chi connectivity index (χ0n) is 55.6. The van der Waals surface area contributed by atoms with E-state index in [9.17, 15) is 14.4 Å². The van der Waals surface area contributed by atoms with Crippen LogP contribution in [0, 0.1) is 0 Å². The van der Waals surface area contributed by atoms with Crippen LogP contribution in [0.4, 0.5) is 0 Å². The molecule has 0 N–H and O–H groups in total. The van der Waals surface area contributed by atoms with Gasteiger partial charge in [-0.25, -0.2) is 0 Å². The Morgan fingerprint density at radius 3 is 0.494 bits per heavy atom. The third-order valence-electron chi connectivity index (χ3n) is 17.6. The predicted octanol–water partition coefficient (Wildman–Crippen LogP) is 25.8. The summed E-state index contributed by atoms with van der Waals surface area (Å²) >= 11 is 0. The minimum atomic E-state index is -0.762. The fraction of sp³-hybridized carbons (Fsp3) is 0.960. The van der Waals surface area contributed by atoms with E-state index < -0.39 is 6.10 Å². The van der Waals surface area contributed by atoms with E-state index in [0.717, 1.165) is 57.8 Å². The van der Waals surface area contributed by atoms with Crippen molar-refractivity contribution in [3.63, 3.8) is 0 Å². The van der Waals surface area contributed by atoms with E-state index in [0.29, 0.717) is 19.3 Å². The number of carbonyl (C=O) groups is 3. The van der Waals surface area contributed by atoms with Crippen molar-refractivity contribution in [2.75, 3.05) is 13.2 Å². The summed E-state index contributed by atoms with van der Waals surface area (Å²) in [6.07, 6.45) is 84.8. The van der Waals surface area contributed by atoms with Crippen molar-refractivity contribution in [2.45, 2.75) is 451 Å². The lowest BCUT2D eigenvalue weighted by atomic mass is 10.0. The molecule has 0 heterocycles. The van der Waals surface area contributed by atoms with Crippen LogP contribution in [-0.4, -0.2) is 37.2 Å². The molecular formula is C75H146O6. The molecule has 0 fully saturated rings. The number of carbonyl (C=O) groups excluding carboxylic acids is 3. The number of rotatable bonds is 71. The Hall–Kier alpha value is -1.59. The van der Waals surface area contributed by atoms with Gasteiger partial charge in [0.05, 0.1) is 0 Å². The number of esters is 3. The molecule has 0 aliphatic carbocycles. The molecule has 0 aliphatic heterocycles. The van der Waals surface area contributed by atoms with E-state index in [1.165, 1.54) is 347 Å². The normalized spacial score (nSPS) is 11.9. The van der Waals surface area contributed by atoms with Gasteiger partial charge in [0.2, 0.25) is 0 Å². The molecule has 6 nitrogen and oxygen atoms in total. The maximum atomic E-state index is 12.9. The van der Waals surface area contributed by atoms with Gasteiger partial charge < -0.3 is 14.2 Å². The second-order valence-corrected chi connectivity index (χ2v) is 25.9. The Kier molecular flexibility index (Phi) is 69.5. The first kappa shape index (κ1) is 79.4. The monoisotopic (exact) mass is 1140 g/mol. The maximum absolute atomic E-state index is 12.9. The standard InChI is InChI=1S/C75H146O6/c1-4-7-10-13-16-18-20-22-24-26-28-30-32-33-34-35-36-37-38-39-40-41-43-44-46-48-50-52-54-56-59-62-65-68-74(77)80-71-72(70-79-73(76)67-64-61-58-15-12-9-6-3)81-75(78)69-66-63-60-57-55-53-51-49-47-45-42-31-29-27-25-23-21-19-17-14-11-8-5-2/h72H,4-71H2,1-3H3. The van der Waals surface area contributed by atoms with Gasteiger partial charge >= 0.3 is 17.9 Å². The van der Waals surface area contributed by atoms with Gasteiger partial charge in [-0.2, -0.15) is 0 Å². The van der Waals surface area contributed by atoms with Crippen LogP contribution in [0.3, 0.4) is 0 Å². The molecule has 0 amide bonds. The Labute approximate surface area is 508 Å². The molecular weight excluding hydrogens is 997 g/mol. The highest BCUT2D eigenvalue weighted by molar-refractivity contribution is 5.71. The third kappa shape index (κ3) is 69.1. The molecule has 0 aliphatic rings. The first-order valence-corrected chi connectivity index (χ1v) is 37.5. The lowest BCUT2D eigenvalue weighted by Gasteiger charge is -2.18. The largest absolute Gasteiger partial charge is 0.462 e. The Bertz CT molecular complexity index is 1220. The zero-order chi connectivity index (χ0) is 58.5. The SMILES string of the molecule is CCCCCCCCCCCCCCCCCCCCCCCCCCCCCCCCCCCC(=O)OCC(COC(=O)CCCCCCCCC)OC(=O)CCCCCCCCCCCCCCCCCCCCCCCCC. The zero-order valence-corrected chi connectivity index (χ0v) is 55.6.